The van der Waals surface area contributed by atoms with E-state index in [0.717, 1.165) is 34.5 Å². The lowest BCUT2D eigenvalue weighted by Crippen LogP contribution is -2.34. The molecule has 2 heterocycles. The third kappa shape index (κ3) is 5.66. The molecule has 0 amide bonds. The lowest BCUT2D eigenvalue weighted by molar-refractivity contribution is -0.0406. The highest BCUT2D eigenvalue weighted by Gasteiger charge is 2.20. The molecule has 2 aromatic heterocycles. The molecule has 9 nitrogen and oxygen atoms in total. The Morgan fingerprint density at radius 1 is 1.16 bits per heavy atom. The van der Waals surface area contributed by atoms with Gasteiger partial charge in [0.2, 0.25) is 0 Å². The summed E-state index contributed by atoms with van der Waals surface area (Å²) in [7, 11) is 3.26. The number of thiocarbonyl (C=S) groups is 1. The van der Waals surface area contributed by atoms with Gasteiger partial charge in [-0.05, 0) is 30.0 Å². The van der Waals surface area contributed by atoms with Crippen LogP contribution < -0.4 is 11.3 Å². The van der Waals surface area contributed by atoms with Crippen molar-refractivity contribution in [1.82, 2.24) is 24.8 Å². The minimum Gasteiger partial charge on any atom is -0.296 e. The fourth-order valence-corrected chi connectivity index (χ4v) is 4.48. The van der Waals surface area contributed by atoms with Crippen LogP contribution in [-0.2, 0) is 17.8 Å². The highest BCUT2D eigenvalue weighted by Crippen LogP contribution is 2.30. The Morgan fingerprint density at radius 2 is 1.84 bits per heavy atom. The first-order valence-corrected chi connectivity index (χ1v) is 12.8. The Labute approximate surface area is 226 Å². The molecule has 0 bridgehead atoms. The van der Waals surface area contributed by atoms with E-state index in [-0.39, 0.29) is 17.9 Å². The highest BCUT2D eigenvalue weighted by atomic mass is 32.1. The zero-order valence-electron chi connectivity index (χ0n) is 22.1. The van der Waals surface area contributed by atoms with E-state index in [1.807, 2.05) is 55.5 Å². The number of hydrogen-bond donors (Lipinski definition) is 1. The van der Waals surface area contributed by atoms with Gasteiger partial charge in [-0.3, -0.25) is 28.8 Å². The van der Waals surface area contributed by atoms with Gasteiger partial charge in [0.15, 0.2) is 5.82 Å². The number of H-pyrrole nitrogens is 1. The summed E-state index contributed by atoms with van der Waals surface area (Å²) in [5.41, 5.74) is 4.72. The molecule has 0 aliphatic rings. The first-order chi connectivity index (χ1) is 18.2. The summed E-state index contributed by atoms with van der Waals surface area (Å²) in [4.78, 5) is 38.4. The second kappa shape index (κ2) is 11.7. The van der Waals surface area contributed by atoms with Gasteiger partial charge in [0.25, 0.3) is 5.56 Å². The van der Waals surface area contributed by atoms with Gasteiger partial charge in [-0.2, -0.15) is 0 Å². The number of rotatable bonds is 9. The third-order valence-corrected chi connectivity index (χ3v) is 7.13. The molecular weight excluding hydrogens is 502 g/mol. The summed E-state index contributed by atoms with van der Waals surface area (Å²) in [6, 6.07) is 15.6. The number of hydrogen-bond acceptors (Lipinski definition) is 7. The number of likely N-dealkylation sites (N-methyl/N-ethyl adjacent to an activating group) is 1. The average molecular weight is 534 g/mol. The van der Waals surface area contributed by atoms with Crippen molar-refractivity contribution < 1.29 is 9.36 Å². The quantitative estimate of drug-likeness (QED) is 0.248. The molecule has 0 radical (unpaired) electrons. The van der Waals surface area contributed by atoms with E-state index >= 15 is 0 Å². The molecule has 10 heteroatoms. The summed E-state index contributed by atoms with van der Waals surface area (Å²) in [5, 5.41) is 5.31. The molecule has 2 aromatic carbocycles. The van der Waals surface area contributed by atoms with Gasteiger partial charge >= 0.3 is 5.76 Å². The van der Waals surface area contributed by atoms with Gasteiger partial charge in [-0.15, -0.1) is 0 Å². The second-order valence-corrected chi connectivity index (χ2v) is 9.64. The van der Waals surface area contributed by atoms with Gasteiger partial charge in [0.1, 0.15) is 10.8 Å². The van der Waals surface area contributed by atoms with Crippen LogP contribution in [0.5, 0.6) is 0 Å². The number of benzene rings is 2. The molecule has 4 rings (SSSR count). The predicted octanol–water partition coefficient (Wildman–Crippen LogP) is 4.49. The maximum atomic E-state index is 13.7. The van der Waals surface area contributed by atoms with Crippen LogP contribution in [0.1, 0.15) is 48.8 Å². The molecule has 0 fully saturated rings. The minimum absolute atomic E-state index is 0.0935. The van der Waals surface area contributed by atoms with E-state index in [1.54, 1.807) is 11.6 Å². The van der Waals surface area contributed by atoms with Crippen molar-refractivity contribution in [3.05, 3.63) is 92.1 Å². The summed E-state index contributed by atoms with van der Waals surface area (Å²) in [6.45, 7) is 6.40. The van der Waals surface area contributed by atoms with E-state index < -0.39 is 5.76 Å². The van der Waals surface area contributed by atoms with E-state index in [9.17, 15) is 9.59 Å². The first kappa shape index (κ1) is 27.2. The molecule has 0 saturated heterocycles. The molecular formula is C28H31N5O4S. The standard InChI is InChI=1S/C28H31N5O4S/c1-6-17(2)26-29-18(3)23(15-24(38)32(4)36-5)27(34)33(26)16-19-11-13-20(14-12-19)21-9-7-8-10-22(21)25-30-28(35)37-31-25/h7-14,17H,6,15-16H2,1-5H3,(H,30,31,35). The SMILES string of the molecule is CCC(C)c1nc(C)c(CC(=S)N(C)OC)c(=O)n1Cc1ccc(-c2ccccc2-c2noc(=O)[nH]2)cc1. The van der Waals surface area contributed by atoms with Crippen LogP contribution in [0.2, 0.25) is 0 Å². The predicted molar refractivity (Wildman–Crippen MR) is 150 cm³/mol. The molecule has 1 N–H and O–H groups in total. The molecule has 0 aliphatic carbocycles. The van der Waals surface area contributed by atoms with Gasteiger partial charge in [-0.25, -0.2) is 9.78 Å². The Kier molecular flexibility index (Phi) is 8.33. The largest absolute Gasteiger partial charge is 0.439 e. The van der Waals surface area contributed by atoms with Gasteiger partial charge in [0, 0.05) is 36.2 Å². The topological polar surface area (TPSA) is 106 Å². The van der Waals surface area contributed by atoms with Crippen LogP contribution in [0.4, 0.5) is 0 Å². The zero-order chi connectivity index (χ0) is 27.4. The van der Waals surface area contributed by atoms with E-state index in [0.29, 0.717) is 28.6 Å². The van der Waals surface area contributed by atoms with Gasteiger partial charge in [-0.1, -0.05) is 79.8 Å². The number of hydroxylamine groups is 2. The van der Waals surface area contributed by atoms with Gasteiger partial charge in [0.05, 0.1) is 13.7 Å². The maximum Gasteiger partial charge on any atom is 0.439 e. The number of nitrogens with zero attached hydrogens (tertiary/aromatic N) is 4. The smallest absolute Gasteiger partial charge is 0.296 e. The average Bonchev–Trinajstić information content (AvgIpc) is 3.37. The number of aromatic amines is 1. The molecule has 0 spiro atoms. The number of aromatic nitrogens is 4. The molecule has 198 valence electrons. The van der Waals surface area contributed by atoms with Crippen molar-refractivity contribution in [3.63, 3.8) is 0 Å². The van der Waals surface area contributed by atoms with Crippen LogP contribution in [0.25, 0.3) is 22.5 Å². The van der Waals surface area contributed by atoms with E-state index in [1.165, 1.54) is 12.2 Å². The third-order valence-electron chi connectivity index (χ3n) is 6.73. The van der Waals surface area contributed by atoms with Crippen molar-refractivity contribution in [3.8, 4) is 22.5 Å². The van der Waals surface area contributed by atoms with Crippen molar-refractivity contribution in [2.45, 2.75) is 46.1 Å². The van der Waals surface area contributed by atoms with Crippen molar-refractivity contribution >= 4 is 17.2 Å². The van der Waals surface area contributed by atoms with Crippen LogP contribution >= 0.6 is 12.2 Å². The summed E-state index contributed by atoms with van der Waals surface area (Å²) < 4.78 is 6.45. The molecule has 1 atom stereocenters. The van der Waals surface area contributed by atoms with E-state index in [4.69, 9.17) is 26.6 Å². The zero-order valence-corrected chi connectivity index (χ0v) is 23.0. The molecule has 4 aromatic rings. The Balaban J connectivity index is 1.70. The second-order valence-electron chi connectivity index (χ2n) is 9.17. The maximum absolute atomic E-state index is 13.7. The first-order valence-electron chi connectivity index (χ1n) is 12.4. The molecule has 1 unspecified atom stereocenters. The van der Waals surface area contributed by atoms with E-state index in [2.05, 4.69) is 24.0 Å². The Bertz CT molecular complexity index is 1550. The Morgan fingerprint density at radius 3 is 2.45 bits per heavy atom. The monoisotopic (exact) mass is 533 g/mol. The fourth-order valence-electron chi connectivity index (χ4n) is 4.26. The number of nitrogens with one attached hydrogen (secondary N) is 1. The molecule has 0 aliphatic heterocycles. The summed E-state index contributed by atoms with van der Waals surface area (Å²) in [5.74, 6) is 0.636. The Hall–Kier alpha value is -3.89. The summed E-state index contributed by atoms with van der Waals surface area (Å²) in [6.07, 6.45) is 1.13. The normalized spacial score (nSPS) is 11.9. The highest BCUT2D eigenvalue weighted by molar-refractivity contribution is 7.80. The fraction of sp³-hybridized carbons (Fsp3) is 0.321. The van der Waals surface area contributed by atoms with Crippen LogP contribution in [-0.4, -0.2) is 43.9 Å². The van der Waals surface area contributed by atoms with Crippen LogP contribution in [0, 0.1) is 6.92 Å². The minimum atomic E-state index is -0.603. The number of aryl methyl sites for hydroxylation is 1. The van der Waals surface area contributed by atoms with Crippen LogP contribution in [0.3, 0.4) is 0 Å². The van der Waals surface area contributed by atoms with Crippen LogP contribution in [0.15, 0.2) is 62.6 Å². The van der Waals surface area contributed by atoms with Gasteiger partial charge < -0.3 is 0 Å². The van der Waals surface area contributed by atoms with Crippen molar-refractivity contribution in [1.29, 1.82) is 0 Å². The molecule has 38 heavy (non-hydrogen) atoms. The summed E-state index contributed by atoms with van der Waals surface area (Å²) >= 11 is 5.46. The lowest BCUT2D eigenvalue weighted by atomic mass is 9.98. The van der Waals surface area contributed by atoms with Crippen molar-refractivity contribution in [2.75, 3.05) is 14.2 Å². The van der Waals surface area contributed by atoms with Crippen molar-refractivity contribution in [2.24, 2.45) is 0 Å². The lowest BCUT2D eigenvalue weighted by Gasteiger charge is -2.21. The molecule has 0 saturated carbocycles.